The normalized spacial score (nSPS) is 13.9. The second kappa shape index (κ2) is 3.91. The fourth-order valence-electron chi connectivity index (χ4n) is 1.01. The van der Waals surface area contributed by atoms with E-state index in [4.69, 9.17) is 0 Å². The van der Waals surface area contributed by atoms with Crippen LogP contribution in [0.5, 0.6) is 0 Å². The summed E-state index contributed by atoms with van der Waals surface area (Å²) in [5.41, 5.74) is 0. The Hall–Kier alpha value is 0.150. The first-order chi connectivity index (χ1) is 5.28. The first kappa shape index (κ1) is 12.2. The SMILES string of the molecule is CCC(C)(C)S(=O)C(C)(C)CC. The van der Waals surface area contributed by atoms with Crippen molar-refractivity contribution in [3.63, 3.8) is 0 Å². The molecule has 0 heterocycles. The molecular weight excluding hydrogens is 168 g/mol. The van der Waals surface area contributed by atoms with Crippen molar-refractivity contribution in [2.45, 2.75) is 63.9 Å². The first-order valence-corrected chi connectivity index (χ1v) is 5.85. The molecule has 0 fully saturated rings. The van der Waals surface area contributed by atoms with Gasteiger partial charge < -0.3 is 0 Å². The van der Waals surface area contributed by atoms with Crippen LogP contribution in [0.25, 0.3) is 0 Å². The molecule has 0 amide bonds. The molecule has 12 heavy (non-hydrogen) atoms. The molecule has 0 aliphatic rings. The van der Waals surface area contributed by atoms with E-state index in [0.29, 0.717) is 0 Å². The number of hydrogen-bond acceptors (Lipinski definition) is 1. The van der Waals surface area contributed by atoms with Gasteiger partial charge in [0, 0.05) is 20.3 Å². The van der Waals surface area contributed by atoms with Gasteiger partial charge in [-0.1, -0.05) is 13.8 Å². The van der Waals surface area contributed by atoms with Crippen molar-refractivity contribution < 1.29 is 4.21 Å². The standard InChI is InChI=1S/C10H22OS/c1-7-9(3,4)12(11)10(5,6)8-2/h7-8H2,1-6H3. The molecule has 74 valence electrons. The lowest BCUT2D eigenvalue weighted by molar-refractivity contribution is 0.560. The Morgan fingerprint density at radius 2 is 1.17 bits per heavy atom. The molecule has 2 heteroatoms. The van der Waals surface area contributed by atoms with Gasteiger partial charge in [-0.05, 0) is 40.5 Å². The van der Waals surface area contributed by atoms with Crippen LogP contribution in [0.2, 0.25) is 0 Å². The van der Waals surface area contributed by atoms with Gasteiger partial charge >= 0.3 is 0 Å². The molecule has 0 spiro atoms. The van der Waals surface area contributed by atoms with Crippen LogP contribution in [0.4, 0.5) is 0 Å². The van der Waals surface area contributed by atoms with Crippen molar-refractivity contribution in [2.75, 3.05) is 0 Å². The average Bonchev–Trinajstić information content (AvgIpc) is 2.03. The maximum absolute atomic E-state index is 12.1. The Kier molecular flexibility index (Phi) is 3.95. The third-order valence-electron chi connectivity index (χ3n) is 2.71. The minimum absolute atomic E-state index is 0.0422. The maximum atomic E-state index is 12.1. The molecule has 0 atom stereocenters. The highest BCUT2D eigenvalue weighted by Gasteiger charge is 2.34. The van der Waals surface area contributed by atoms with Gasteiger partial charge in [0.05, 0.1) is 0 Å². The lowest BCUT2D eigenvalue weighted by Crippen LogP contribution is -2.39. The zero-order valence-corrected chi connectivity index (χ0v) is 10.0. The van der Waals surface area contributed by atoms with Crippen molar-refractivity contribution in [1.29, 1.82) is 0 Å². The van der Waals surface area contributed by atoms with E-state index in [-0.39, 0.29) is 9.49 Å². The minimum Gasteiger partial charge on any atom is -0.258 e. The van der Waals surface area contributed by atoms with E-state index in [1.54, 1.807) is 0 Å². The molecule has 0 saturated heterocycles. The van der Waals surface area contributed by atoms with E-state index in [9.17, 15) is 4.21 Å². The fourth-order valence-corrected chi connectivity index (χ4v) is 3.03. The quantitative estimate of drug-likeness (QED) is 0.665. The van der Waals surface area contributed by atoms with Crippen molar-refractivity contribution in [3.05, 3.63) is 0 Å². The Morgan fingerprint density at radius 3 is 1.33 bits per heavy atom. The molecule has 0 unspecified atom stereocenters. The zero-order chi connectivity index (χ0) is 9.99. The second-order valence-corrected chi connectivity index (χ2v) is 7.24. The zero-order valence-electron chi connectivity index (χ0n) is 9.23. The summed E-state index contributed by atoms with van der Waals surface area (Å²) >= 11 is 0. The van der Waals surface area contributed by atoms with E-state index in [1.165, 1.54) is 0 Å². The van der Waals surface area contributed by atoms with Crippen LogP contribution in [-0.2, 0) is 10.8 Å². The number of hydrogen-bond donors (Lipinski definition) is 0. The molecule has 0 rings (SSSR count). The molecule has 0 aliphatic carbocycles. The van der Waals surface area contributed by atoms with Gasteiger partial charge in [-0.25, -0.2) is 0 Å². The average molecular weight is 190 g/mol. The van der Waals surface area contributed by atoms with E-state index < -0.39 is 10.8 Å². The second-order valence-electron chi connectivity index (χ2n) is 4.50. The van der Waals surface area contributed by atoms with Crippen LogP contribution in [0.15, 0.2) is 0 Å². The summed E-state index contributed by atoms with van der Waals surface area (Å²) < 4.78 is 12.0. The molecule has 0 aromatic rings. The minimum atomic E-state index is -0.741. The molecule has 0 radical (unpaired) electrons. The molecule has 1 nitrogen and oxygen atoms in total. The predicted octanol–water partition coefficient (Wildman–Crippen LogP) is 3.11. The summed E-state index contributed by atoms with van der Waals surface area (Å²) in [6, 6.07) is 0. The first-order valence-electron chi connectivity index (χ1n) is 4.70. The highest BCUT2D eigenvalue weighted by atomic mass is 32.2. The van der Waals surface area contributed by atoms with Gasteiger partial charge in [0.15, 0.2) is 0 Å². The van der Waals surface area contributed by atoms with Crippen LogP contribution in [0.3, 0.4) is 0 Å². The fraction of sp³-hybridized carbons (Fsp3) is 1.00. The van der Waals surface area contributed by atoms with Crippen LogP contribution < -0.4 is 0 Å². The van der Waals surface area contributed by atoms with Gasteiger partial charge in [-0.15, -0.1) is 0 Å². The Bertz CT molecular complexity index is 153. The van der Waals surface area contributed by atoms with Crippen LogP contribution in [-0.4, -0.2) is 13.7 Å². The summed E-state index contributed by atoms with van der Waals surface area (Å²) in [5, 5.41) is 0. The molecule has 0 N–H and O–H groups in total. The third kappa shape index (κ3) is 2.58. The van der Waals surface area contributed by atoms with E-state index in [1.807, 2.05) is 0 Å². The van der Waals surface area contributed by atoms with E-state index >= 15 is 0 Å². The maximum Gasteiger partial charge on any atom is 0.0406 e. The highest BCUT2D eigenvalue weighted by molar-refractivity contribution is 7.87. The van der Waals surface area contributed by atoms with Crippen LogP contribution in [0.1, 0.15) is 54.4 Å². The van der Waals surface area contributed by atoms with Crippen LogP contribution >= 0.6 is 0 Å². The van der Waals surface area contributed by atoms with Gasteiger partial charge in [0.1, 0.15) is 0 Å². The van der Waals surface area contributed by atoms with E-state index in [2.05, 4.69) is 41.5 Å². The summed E-state index contributed by atoms with van der Waals surface area (Å²) in [6.07, 6.45) is 1.95. The Balaban J connectivity index is 4.60. The monoisotopic (exact) mass is 190 g/mol. The predicted molar refractivity (Wildman–Crippen MR) is 56.9 cm³/mol. The van der Waals surface area contributed by atoms with Gasteiger partial charge in [-0.3, -0.25) is 4.21 Å². The molecule has 0 aliphatic heterocycles. The lowest BCUT2D eigenvalue weighted by atomic mass is 10.1. The molecule has 0 aromatic carbocycles. The highest BCUT2D eigenvalue weighted by Crippen LogP contribution is 2.29. The largest absolute Gasteiger partial charge is 0.258 e. The summed E-state index contributed by atoms with van der Waals surface area (Å²) in [4.78, 5) is 0. The molecule has 0 aromatic heterocycles. The lowest BCUT2D eigenvalue weighted by Gasteiger charge is -2.32. The van der Waals surface area contributed by atoms with Crippen molar-refractivity contribution in [1.82, 2.24) is 0 Å². The summed E-state index contributed by atoms with van der Waals surface area (Å²) in [6.45, 7) is 12.5. The molecular formula is C10H22OS. The van der Waals surface area contributed by atoms with Gasteiger partial charge in [0.25, 0.3) is 0 Å². The molecule has 0 saturated carbocycles. The number of rotatable bonds is 4. The summed E-state index contributed by atoms with van der Waals surface area (Å²) in [7, 11) is -0.741. The smallest absolute Gasteiger partial charge is 0.0406 e. The van der Waals surface area contributed by atoms with Gasteiger partial charge in [0.2, 0.25) is 0 Å². The Morgan fingerprint density at radius 1 is 0.917 bits per heavy atom. The topological polar surface area (TPSA) is 17.1 Å². The van der Waals surface area contributed by atoms with Crippen molar-refractivity contribution in [3.8, 4) is 0 Å². The van der Waals surface area contributed by atoms with Crippen LogP contribution in [0, 0.1) is 0 Å². The third-order valence-corrected chi connectivity index (χ3v) is 5.29. The van der Waals surface area contributed by atoms with E-state index in [0.717, 1.165) is 12.8 Å². The van der Waals surface area contributed by atoms with Crippen molar-refractivity contribution >= 4 is 10.8 Å². The van der Waals surface area contributed by atoms with Gasteiger partial charge in [-0.2, -0.15) is 0 Å². The summed E-state index contributed by atoms with van der Waals surface area (Å²) in [5.74, 6) is 0. The van der Waals surface area contributed by atoms with Crippen molar-refractivity contribution in [2.24, 2.45) is 0 Å². The Labute approximate surface area is 79.4 Å². The molecule has 0 bridgehead atoms.